The lowest BCUT2D eigenvalue weighted by atomic mass is 10.0. The highest BCUT2D eigenvalue weighted by atomic mass is 35.5. The highest BCUT2D eigenvalue weighted by Crippen LogP contribution is 2.21. The quantitative estimate of drug-likeness (QED) is 0.791. The van der Waals surface area contributed by atoms with Gasteiger partial charge in [0.05, 0.1) is 0 Å². The average Bonchev–Trinajstić information content (AvgIpc) is 2.24. The fourth-order valence-corrected chi connectivity index (χ4v) is 2.48. The molecule has 1 rings (SSSR count). The van der Waals surface area contributed by atoms with Crippen molar-refractivity contribution in [1.29, 1.82) is 0 Å². The Morgan fingerprint density at radius 2 is 1.72 bits per heavy atom. The van der Waals surface area contributed by atoms with Crippen molar-refractivity contribution >= 4 is 20.7 Å². The molecule has 3 nitrogen and oxygen atoms in total. The van der Waals surface area contributed by atoms with Gasteiger partial charge in [-0.3, -0.25) is 0 Å². The largest absolute Gasteiger partial charge is 0.544 e. The van der Waals surface area contributed by atoms with E-state index < -0.39 is 8.32 Å². The second-order valence-corrected chi connectivity index (χ2v) is 9.75. The lowest BCUT2D eigenvalue weighted by Gasteiger charge is -2.20. The molecule has 0 saturated carbocycles. The van der Waals surface area contributed by atoms with Gasteiger partial charge in [0.25, 0.3) is 0 Å². The van der Waals surface area contributed by atoms with E-state index in [9.17, 15) is 0 Å². The van der Waals surface area contributed by atoms with E-state index in [1.54, 1.807) is 0 Å². The van der Waals surface area contributed by atoms with Gasteiger partial charge in [0.15, 0.2) is 0 Å². The van der Waals surface area contributed by atoms with Crippen LogP contribution in [0.25, 0.3) is 0 Å². The second-order valence-electron chi connectivity index (χ2n) is 5.32. The lowest BCUT2D eigenvalue weighted by molar-refractivity contribution is 0.556. The van der Waals surface area contributed by atoms with Crippen molar-refractivity contribution in [2.45, 2.75) is 38.5 Å². The van der Waals surface area contributed by atoms with Gasteiger partial charge >= 0.3 is 0 Å². The first-order chi connectivity index (χ1) is 7.92. The summed E-state index contributed by atoms with van der Waals surface area (Å²) in [6, 6.07) is 8.21. The molecule has 1 aromatic rings. The molecule has 1 aromatic carbocycles. The number of nitrogens with two attached hydrogens (primary N) is 2. The van der Waals surface area contributed by atoms with Crippen LogP contribution in [0.1, 0.15) is 24.4 Å². The summed E-state index contributed by atoms with van der Waals surface area (Å²) in [5.41, 5.74) is 12.7. The maximum absolute atomic E-state index is 6.07. The van der Waals surface area contributed by atoms with E-state index in [-0.39, 0.29) is 18.4 Å². The molecule has 0 aromatic heterocycles. The summed E-state index contributed by atoms with van der Waals surface area (Å²) in [4.78, 5) is 0. The van der Waals surface area contributed by atoms with E-state index in [2.05, 4.69) is 31.8 Å². The van der Waals surface area contributed by atoms with Crippen molar-refractivity contribution in [3.8, 4) is 5.75 Å². The molecule has 0 spiro atoms. The Balaban J connectivity index is 0.00000289. The molecular weight excluding hydrogens is 264 g/mol. The maximum atomic E-state index is 6.07. The summed E-state index contributed by atoms with van der Waals surface area (Å²) in [5, 5.41) is 0. The zero-order valence-electron chi connectivity index (χ0n) is 11.5. The molecule has 0 aliphatic rings. The lowest BCUT2D eigenvalue weighted by Crippen LogP contribution is -2.29. The zero-order chi connectivity index (χ0) is 12.9. The Bertz CT molecular complexity index is 338. The molecule has 5 heteroatoms. The fraction of sp³-hybridized carbons (Fsp3) is 0.538. The van der Waals surface area contributed by atoms with Crippen LogP contribution in [0.3, 0.4) is 0 Å². The second kappa shape index (κ2) is 7.79. The molecule has 0 radical (unpaired) electrons. The molecule has 1 atom stereocenters. The van der Waals surface area contributed by atoms with Crippen molar-refractivity contribution < 1.29 is 4.43 Å². The monoisotopic (exact) mass is 288 g/mol. The minimum Gasteiger partial charge on any atom is -0.544 e. The predicted octanol–water partition coefficient (Wildman–Crippen LogP) is 3.06. The predicted molar refractivity (Wildman–Crippen MR) is 82.9 cm³/mol. The molecule has 0 heterocycles. The van der Waals surface area contributed by atoms with E-state index in [0.717, 1.165) is 24.2 Å². The van der Waals surface area contributed by atoms with Crippen molar-refractivity contribution in [1.82, 2.24) is 0 Å². The standard InChI is InChI=1S/C13H24N2OSi.ClH/c1-17(2,3)16-12-8-6-11(7-9-12)13(15)5-4-10-14;/h6-9,13H,4-5,10,14-15H2,1-3H3;1H/t13-;/m0./s1. The molecule has 0 amide bonds. The molecule has 104 valence electrons. The first-order valence-electron chi connectivity index (χ1n) is 6.17. The Morgan fingerprint density at radius 3 is 2.17 bits per heavy atom. The van der Waals surface area contributed by atoms with Crippen molar-refractivity contribution in [2.24, 2.45) is 11.5 Å². The van der Waals surface area contributed by atoms with Crippen LogP contribution in [0.5, 0.6) is 5.75 Å². The fourth-order valence-electron chi connectivity index (χ4n) is 1.64. The summed E-state index contributed by atoms with van der Waals surface area (Å²) >= 11 is 0. The van der Waals surface area contributed by atoms with Crippen LogP contribution in [-0.4, -0.2) is 14.9 Å². The molecule has 0 fully saturated rings. The van der Waals surface area contributed by atoms with Gasteiger partial charge < -0.3 is 15.9 Å². The first kappa shape index (κ1) is 17.4. The van der Waals surface area contributed by atoms with Gasteiger partial charge in [-0.25, -0.2) is 0 Å². The van der Waals surface area contributed by atoms with E-state index in [4.69, 9.17) is 15.9 Å². The van der Waals surface area contributed by atoms with Gasteiger partial charge in [-0.05, 0) is 56.7 Å². The summed E-state index contributed by atoms with van der Waals surface area (Å²) in [7, 11) is -1.51. The van der Waals surface area contributed by atoms with Gasteiger partial charge in [0.1, 0.15) is 5.75 Å². The summed E-state index contributed by atoms with van der Waals surface area (Å²) in [5.74, 6) is 0.943. The average molecular weight is 289 g/mol. The minimum absolute atomic E-state index is 0. The number of rotatable bonds is 6. The maximum Gasteiger partial charge on any atom is 0.242 e. The molecule has 0 aliphatic carbocycles. The summed E-state index contributed by atoms with van der Waals surface area (Å²) in [6.07, 6.45) is 1.90. The topological polar surface area (TPSA) is 61.3 Å². The van der Waals surface area contributed by atoms with Crippen LogP contribution in [0.4, 0.5) is 0 Å². The Hall–Kier alpha value is -0.553. The SMILES string of the molecule is C[Si](C)(C)Oc1ccc([C@@H](N)CCCN)cc1.Cl. The summed E-state index contributed by atoms with van der Waals surface area (Å²) < 4.78 is 5.90. The van der Waals surface area contributed by atoms with Crippen LogP contribution in [0, 0.1) is 0 Å². The van der Waals surface area contributed by atoms with Crippen LogP contribution < -0.4 is 15.9 Å². The van der Waals surface area contributed by atoms with Crippen molar-refractivity contribution in [3.63, 3.8) is 0 Å². The smallest absolute Gasteiger partial charge is 0.242 e. The van der Waals surface area contributed by atoms with Crippen LogP contribution in [0.15, 0.2) is 24.3 Å². The van der Waals surface area contributed by atoms with Crippen molar-refractivity contribution in [2.75, 3.05) is 6.54 Å². The minimum atomic E-state index is -1.51. The normalized spacial score (nSPS) is 12.7. The molecular formula is C13H25ClN2OSi. The van der Waals surface area contributed by atoms with Gasteiger partial charge in [-0.1, -0.05) is 12.1 Å². The van der Waals surface area contributed by atoms with E-state index >= 15 is 0 Å². The first-order valence-corrected chi connectivity index (χ1v) is 9.58. The van der Waals surface area contributed by atoms with E-state index in [1.165, 1.54) is 0 Å². The highest BCUT2D eigenvalue weighted by Gasteiger charge is 2.16. The zero-order valence-corrected chi connectivity index (χ0v) is 13.3. The van der Waals surface area contributed by atoms with Crippen LogP contribution in [0.2, 0.25) is 19.6 Å². The Morgan fingerprint density at radius 1 is 1.17 bits per heavy atom. The van der Waals surface area contributed by atoms with Crippen LogP contribution in [-0.2, 0) is 0 Å². The molecule has 4 N–H and O–H groups in total. The number of hydrogen-bond acceptors (Lipinski definition) is 3. The molecule has 0 saturated heterocycles. The van der Waals surface area contributed by atoms with Crippen molar-refractivity contribution in [3.05, 3.63) is 29.8 Å². The van der Waals surface area contributed by atoms with Gasteiger partial charge in [0.2, 0.25) is 8.32 Å². The third-order valence-electron chi connectivity index (χ3n) is 2.45. The molecule has 0 unspecified atom stereocenters. The number of halogens is 1. The third kappa shape index (κ3) is 6.40. The number of hydrogen-bond donors (Lipinski definition) is 2. The van der Waals surface area contributed by atoms with Gasteiger partial charge in [0, 0.05) is 6.04 Å². The number of benzene rings is 1. The molecule has 18 heavy (non-hydrogen) atoms. The Kier molecular flexibility index (Phi) is 7.55. The summed E-state index contributed by atoms with van der Waals surface area (Å²) in [6.45, 7) is 7.22. The van der Waals surface area contributed by atoms with Gasteiger partial charge in [-0.15, -0.1) is 12.4 Å². The molecule has 0 aliphatic heterocycles. The van der Waals surface area contributed by atoms with Gasteiger partial charge in [-0.2, -0.15) is 0 Å². The Labute approximate surface area is 117 Å². The highest BCUT2D eigenvalue weighted by molar-refractivity contribution is 6.70. The van der Waals surface area contributed by atoms with E-state index in [0.29, 0.717) is 6.54 Å². The van der Waals surface area contributed by atoms with E-state index in [1.807, 2.05) is 12.1 Å². The third-order valence-corrected chi connectivity index (χ3v) is 3.30. The molecule has 0 bridgehead atoms. The van der Waals surface area contributed by atoms with Crippen LogP contribution >= 0.6 is 12.4 Å².